The number of benzene rings is 1. The smallest absolute Gasteiger partial charge is 0.266 e. The van der Waals surface area contributed by atoms with Crippen molar-refractivity contribution in [1.29, 1.82) is 5.26 Å². The Labute approximate surface area is 147 Å². The molecule has 3 aromatic rings. The molecule has 2 aromatic heterocycles. The Morgan fingerprint density at radius 3 is 2.88 bits per heavy atom. The molecule has 0 aliphatic rings. The number of thiophene rings is 1. The maximum absolute atomic E-state index is 12.3. The predicted octanol–water partition coefficient (Wildman–Crippen LogP) is 4.73. The second-order valence-corrected chi connectivity index (χ2v) is 6.85. The van der Waals surface area contributed by atoms with Gasteiger partial charge in [0.2, 0.25) is 0 Å². The Hall–Kier alpha value is -2.75. The molecule has 3 rings (SSSR count). The highest BCUT2D eigenvalue weighted by Crippen LogP contribution is 2.28. The summed E-state index contributed by atoms with van der Waals surface area (Å²) in [6, 6.07) is 13.3. The number of amides is 1. The molecule has 2 heterocycles. The van der Waals surface area contributed by atoms with E-state index in [0.717, 1.165) is 15.4 Å². The van der Waals surface area contributed by atoms with Gasteiger partial charge in [-0.3, -0.25) is 4.79 Å². The zero-order chi connectivity index (χ0) is 16.9. The van der Waals surface area contributed by atoms with E-state index in [2.05, 4.69) is 10.3 Å². The number of anilines is 1. The van der Waals surface area contributed by atoms with Gasteiger partial charge in [0.1, 0.15) is 16.6 Å². The zero-order valence-electron chi connectivity index (χ0n) is 12.8. The molecule has 0 spiro atoms. The minimum atomic E-state index is -0.436. The number of nitrogens with zero attached hydrogens (tertiary/aromatic N) is 2. The van der Waals surface area contributed by atoms with Gasteiger partial charge in [-0.05, 0) is 42.1 Å². The average Bonchev–Trinajstić information content (AvgIpc) is 3.23. The number of carbonyl (C=O) groups excluding carboxylic acids is 1. The molecule has 1 amide bonds. The number of nitrogens with one attached hydrogen (secondary N) is 1. The summed E-state index contributed by atoms with van der Waals surface area (Å²) in [5.74, 6) is -0.436. The fourth-order valence-corrected chi connectivity index (χ4v) is 3.68. The highest BCUT2D eigenvalue weighted by Gasteiger charge is 2.11. The minimum absolute atomic E-state index is 0.0273. The van der Waals surface area contributed by atoms with Crippen molar-refractivity contribution in [3.05, 3.63) is 64.0 Å². The first-order chi connectivity index (χ1) is 11.7. The lowest BCUT2D eigenvalue weighted by Crippen LogP contribution is -2.13. The zero-order valence-corrected chi connectivity index (χ0v) is 14.4. The Balaban J connectivity index is 1.79. The average molecular weight is 351 g/mol. The molecule has 0 unspecified atom stereocenters. The van der Waals surface area contributed by atoms with Crippen LogP contribution >= 0.6 is 22.7 Å². The van der Waals surface area contributed by atoms with E-state index in [1.165, 1.54) is 17.4 Å². The van der Waals surface area contributed by atoms with Gasteiger partial charge in [-0.1, -0.05) is 18.2 Å². The van der Waals surface area contributed by atoms with E-state index in [9.17, 15) is 10.1 Å². The molecule has 0 bridgehead atoms. The number of aromatic nitrogens is 1. The van der Waals surface area contributed by atoms with Gasteiger partial charge in [-0.15, -0.1) is 22.7 Å². The summed E-state index contributed by atoms with van der Waals surface area (Å²) in [6.07, 6.45) is 1.51. The molecule has 0 aliphatic carbocycles. The van der Waals surface area contributed by atoms with Crippen LogP contribution in [0.5, 0.6) is 0 Å². The minimum Gasteiger partial charge on any atom is -0.321 e. The van der Waals surface area contributed by atoms with Crippen molar-refractivity contribution in [2.24, 2.45) is 0 Å². The number of thiazole rings is 1. The van der Waals surface area contributed by atoms with Crippen molar-refractivity contribution in [2.45, 2.75) is 6.92 Å². The maximum atomic E-state index is 12.3. The molecule has 118 valence electrons. The molecule has 0 aliphatic heterocycles. The first kappa shape index (κ1) is 16.1. The summed E-state index contributed by atoms with van der Waals surface area (Å²) in [5.41, 5.74) is 2.34. The normalized spacial score (nSPS) is 11.1. The summed E-state index contributed by atoms with van der Waals surface area (Å²) in [5, 5.41) is 16.7. The monoisotopic (exact) mass is 351 g/mol. The first-order valence-corrected chi connectivity index (χ1v) is 8.91. The summed E-state index contributed by atoms with van der Waals surface area (Å²) < 4.78 is 0. The SMILES string of the molecule is Cc1cccc(NC(=O)/C(C#N)=C\c2csc(-c3cccs3)n2)c1. The van der Waals surface area contributed by atoms with Gasteiger partial charge in [0.05, 0.1) is 10.6 Å². The quantitative estimate of drug-likeness (QED) is 0.546. The van der Waals surface area contributed by atoms with E-state index in [1.807, 2.05) is 54.1 Å². The van der Waals surface area contributed by atoms with Crippen LogP contribution in [0.3, 0.4) is 0 Å². The van der Waals surface area contributed by atoms with E-state index >= 15 is 0 Å². The highest BCUT2D eigenvalue weighted by molar-refractivity contribution is 7.20. The lowest BCUT2D eigenvalue weighted by atomic mass is 10.2. The Kier molecular flexibility index (Phi) is 4.85. The number of hydrogen-bond donors (Lipinski definition) is 1. The van der Waals surface area contributed by atoms with E-state index < -0.39 is 5.91 Å². The second-order valence-electron chi connectivity index (χ2n) is 5.05. The third kappa shape index (κ3) is 3.77. The Bertz CT molecular complexity index is 933. The van der Waals surface area contributed by atoms with Crippen LogP contribution in [0.2, 0.25) is 0 Å². The molecule has 0 fully saturated rings. The molecule has 4 nitrogen and oxygen atoms in total. The predicted molar refractivity (Wildman–Crippen MR) is 98.8 cm³/mol. The van der Waals surface area contributed by atoms with Crippen LogP contribution in [0.1, 0.15) is 11.3 Å². The Morgan fingerprint density at radius 2 is 2.17 bits per heavy atom. The fraction of sp³-hybridized carbons (Fsp3) is 0.0556. The van der Waals surface area contributed by atoms with Gasteiger partial charge in [0, 0.05) is 11.1 Å². The van der Waals surface area contributed by atoms with Gasteiger partial charge >= 0.3 is 0 Å². The lowest BCUT2D eigenvalue weighted by Gasteiger charge is -2.04. The van der Waals surface area contributed by atoms with Crippen molar-refractivity contribution >= 4 is 40.3 Å². The molecule has 6 heteroatoms. The van der Waals surface area contributed by atoms with Crippen molar-refractivity contribution in [1.82, 2.24) is 4.98 Å². The molecular weight excluding hydrogens is 338 g/mol. The molecule has 0 radical (unpaired) electrons. The lowest BCUT2D eigenvalue weighted by molar-refractivity contribution is -0.112. The summed E-state index contributed by atoms with van der Waals surface area (Å²) in [7, 11) is 0. The third-order valence-corrected chi connectivity index (χ3v) is 5.09. The number of carbonyl (C=O) groups is 1. The van der Waals surface area contributed by atoms with Crippen molar-refractivity contribution in [2.75, 3.05) is 5.32 Å². The summed E-state index contributed by atoms with van der Waals surface area (Å²) in [4.78, 5) is 17.8. The largest absolute Gasteiger partial charge is 0.321 e. The topological polar surface area (TPSA) is 65.8 Å². The van der Waals surface area contributed by atoms with Crippen LogP contribution in [-0.2, 0) is 4.79 Å². The first-order valence-electron chi connectivity index (χ1n) is 7.15. The molecule has 0 atom stereocenters. The van der Waals surface area contributed by atoms with Crippen LogP contribution in [0.25, 0.3) is 16.0 Å². The van der Waals surface area contributed by atoms with Gasteiger partial charge in [0.15, 0.2) is 0 Å². The van der Waals surface area contributed by atoms with Gasteiger partial charge in [-0.2, -0.15) is 5.26 Å². The molecule has 0 saturated heterocycles. The van der Waals surface area contributed by atoms with E-state index in [4.69, 9.17) is 0 Å². The maximum Gasteiger partial charge on any atom is 0.266 e. The van der Waals surface area contributed by atoms with Gasteiger partial charge in [0.25, 0.3) is 5.91 Å². The number of nitriles is 1. The number of aryl methyl sites for hydroxylation is 1. The van der Waals surface area contributed by atoms with E-state index in [-0.39, 0.29) is 5.57 Å². The van der Waals surface area contributed by atoms with Crippen molar-refractivity contribution < 1.29 is 4.79 Å². The summed E-state index contributed by atoms with van der Waals surface area (Å²) >= 11 is 3.10. The second kappa shape index (κ2) is 7.21. The molecular formula is C18H13N3OS2. The standard InChI is InChI=1S/C18H13N3OS2/c1-12-4-2-5-14(8-12)20-17(22)13(10-19)9-15-11-24-18(21-15)16-6-3-7-23-16/h2-9,11H,1H3,(H,20,22)/b13-9-. The summed E-state index contributed by atoms with van der Waals surface area (Å²) in [6.45, 7) is 1.94. The molecule has 24 heavy (non-hydrogen) atoms. The van der Waals surface area contributed by atoms with Crippen molar-refractivity contribution in [3.8, 4) is 16.0 Å². The van der Waals surface area contributed by atoms with Crippen molar-refractivity contribution in [3.63, 3.8) is 0 Å². The highest BCUT2D eigenvalue weighted by atomic mass is 32.1. The van der Waals surface area contributed by atoms with Gasteiger partial charge < -0.3 is 5.32 Å². The van der Waals surface area contributed by atoms with Crippen LogP contribution in [0.4, 0.5) is 5.69 Å². The van der Waals surface area contributed by atoms with E-state index in [0.29, 0.717) is 11.4 Å². The van der Waals surface area contributed by atoms with Crippen LogP contribution < -0.4 is 5.32 Å². The molecule has 1 N–H and O–H groups in total. The number of rotatable bonds is 4. The van der Waals surface area contributed by atoms with Crippen LogP contribution in [0.15, 0.2) is 52.7 Å². The molecule has 1 aromatic carbocycles. The van der Waals surface area contributed by atoms with E-state index in [1.54, 1.807) is 17.4 Å². The fourth-order valence-electron chi connectivity index (χ4n) is 2.08. The Morgan fingerprint density at radius 1 is 1.29 bits per heavy atom. The third-order valence-electron chi connectivity index (χ3n) is 3.19. The number of hydrogen-bond acceptors (Lipinski definition) is 5. The molecule has 0 saturated carbocycles. The van der Waals surface area contributed by atoms with Crippen LogP contribution in [-0.4, -0.2) is 10.9 Å². The van der Waals surface area contributed by atoms with Gasteiger partial charge in [-0.25, -0.2) is 4.98 Å². The van der Waals surface area contributed by atoms with Crippen LogP contribution in [0, 0.1) is 18.3 Å².